The van der Waals surface area contributed by atoms with E-state index in [4.69, 9.17) is 0 Å². The fourth-order valence-corrected chi connectivity index (χ4v) is 5.77. The summed E-state index contributed by atoms with van der Waals surface area (Å²) < 4.78 is 13.6. The van der Waals surface area contributed by atoms with Crippen LogP contribution in [0.3, 0.4) is 0 Å². The number of rotatable bonds is 6. The van der Waals surface area contributed by atoms with Crippen LogP contribution in [0.1, 0.15) is 24.0 Å². The van der Waals surface area contributed by atoms with Gasteiger partial charge < -0.3 is 20.6 Å². The molecule has 0 aromatic heterocycles. The van der Waals surface area contributed by atoms with E-state index >= 15 is 0 Å². The lowest BCUT2D eigenvalue weighted by Crippen LogP contribution is -2.59. The third kappa shape index (κ3) is 4.40. The number of quaternary nitrogens is 1. The molecule has 0 saturated carbocycles. The number of likely N-dealkylation sites (tertiary alicyclic amines) is 1. The quantitative estimate of drug-likeness (QED) is 0.572. The number of aliphatic hydroxyl groups excluding tert-OH is 1. The Hall–Kier alpha value is -3.00. The van der Waals surface area contributed by atoms with E-state index in [0.29, 0.717) is 26.1 Å². The molecule has 7 heteroatoms. The van der Waals surface area contributed by atoms with Crippen molar-refractivity contribution in [1.82, 2.24) is 9.80 Å². The maximum atomic E-state index is 13.7. The third-order valence-electron chi connectivity index (χ3n) is 7.69. The fourth-order valence-electron chi connectivity index (χ4n) is 5.77. The van der Waals surface area contributed by atoms with Crippen molar-refractivity contribution in [2.75, 3.05) is 37.7 Å². The first-order valence-corrected chi connectivity index (χ1v) is 12.4. The summed E-state index contributed by atoms with van der Waals surface area (Å²) in [5.41, 5.74) is 6.52. The minimum Gasteiger partial charge on any atom is -0.385 e. The van der Waals surface area contributed by atoms with Gasteiger partial charge in [0, 0.05) is 25.3 Å². The van der Waals surface area contributed by atoms with Crippen molar-refractivity contribution >= 4 is 22.4 Å². The van der Waals surface area contributed by atoms with E-state index in [9.17, 15) is 14.3 Å². The molecule has 1 amide bonds. The molecule has 2 fully saturated rings. The SMILES string of the molecule is Cc1cccc2cccc(CN3CCC4(CC3)C(=O)N(C[C@H](O)C[NH3+])CN4c3ccc(F)cc3)c12. The Morgan fingerprint density at radius 3 is 2.43 bits per heavy atom. The number of anilines is 1. The molecule has 4 N–H and O–H groups in total. The van der Waals surface area contributed by atoms with E-state index in [1.165, 1.54) is 34.0 Å². The highest BCUT2D eigenvalue weighted by Gasteiger charge is 2.53. The largest absolute Gasteiger partial charge is 0.385 e. The topological polar surface area (TPSA) is 74.7 Å². The minimum atomic E-state index is -0.677. The highest BCUT2D eigenvalue weighted by atomic mass is 19.1. The molecular formula is C28H34FN4O2+. The van der Waals surface area contributed by atoms with Crippen molar-refractivity contribution in [2.24, 2.45) is 0 Å². The van der Waals surface area contributed by atoms with Crippen LogP contribution < -0.4 is 10.6 Å². The number of aliphatic hydroxyl groups is 1. The minimum absolute atomic E-state index is 0.0509. The van der Waals surface area contributed by atoms with Crippen LogP contribution in [0.5, 0.6) is 0 Å². The number of β-amino-alcohol motifs (C(OH)–C–C–N with tert-alkyl or cyclic N) is 1. The number of hydrogen-bond donors (Lipinski definition) is 2. The summed E-state index contributed by atoms with van der Waals surface area (Å²) in [7, 11) is 0. The average Bonchev–Trinajstić information content (AvgIpc) is 3.12. The van der Waals surface area contributed by atoms with Gasteiger partial charge in [0.1, 0.15) is 24.0 Å². The monoisotopic (exact) mass is 477 g/mol. The van der Waals surface area contributed by atoms with E-state index in [-0.39, 0.29) is 18.3 Å². The number of carbonyl (C=O) groups is 1. The van der Waals surface area contributed by atoms with Gasteiger partial charge in [-0.3, -0.25) is 9.69 Å². The predicted molar refractivity (Wildman–Crippen MR) is 135 cm³/mol. The Morgan fingerprint density at radius 1 is 1.06 bits per heavy atom. The van der Waals surface area contributed by atoms with Crippen LogP contribution in [0, 0.1) is 12.7 Å². The summed E-state index contributed by atoms with van der Waals surface area (Å²) in [6.45, 7) is 5.59. The van der Waals surface area contributed by atoms with Crippen molar-refractivity contribution in [3.05, 3.63) is 77.6 Å². The van der Waals surface area contributed by atoms with Crippen molar-refractivity contribution in [3.63, 3.8) is 0 Å². The Kier molecular flexibility index (Phi) is 6.49. The average molecular weight is 478 g/mol. The Bertz CT molecular complexity index is 1200. The number of carbonyl (C=O) groups excluding carboxylic acids is 1. The molecule has 184 valence electrons. The first-order valence-electron chi connectivity index (χ1n) is 12.4. The molecule has 2 saturated heterocycles. The molecule has 6 nitrogen and oxygen atoms in total. The van der Waals surface area contributed by atoms with Gasteiger partial charge in [-0.15, -0.1) is 0 Å². The second-order valence-corrected chi connectivity index (χ2v) is 9.91. The molecule has 1 atom stereocenters. The third-order valence-corrected chi connectivity index (χ3v) is 7.69. The molecular weight excluding hydrogens is 443 g/mol. The van der Waals surface area contributed by atoms with Gasteiger partial charge in [-0.1, -0.05) is 36.4 Å². The molecule has 0 bridgehead atoms. The van der Waals surface area contributed by atoms with Crippen LogP contribution in [0.25, 0.3) is 10.8 Å². The molecule has 0 radical (unpaired) electrons. The maximum Gasteiger partial charge on any atom is 0.250 e. The van der Waals surface area contributed by atoms with Gasteiger partial charge in [-0.2, -0.15) is 0 Å². The summed E-state index contributed by atoms with van der Waals surface area (Å²) in [5.74, 6) is -0.243. The summed E-state index contributed by atoms with van der Waals surface area (Å²) in [4.78, 5) is 20.0. The first-order chi connectivity index (χ1) is 16.9. The van der Waals surface area contributed by atoms with Crippen LogP contribution in [-0.4, -0.2) is 65.3 Å². The number of nitrogens with zero attached hydrogens (tertiary/aromatic N) is 3. The summed E-state index contributed by atoms with van der Waals surface area (Å²) in [5, 5.41) is 12.8. The number of benzene rings is 3. The van der Waals surface area contributed by atoms with Crippen LogP contribution in [0.2, 0.25) is 0 Å². The normalized spacial score (nSPS) is 19.1. The van der Waals surface area contributed by atoms with Crippen molar-refractivity contribution in [3.8, 4) is 0 Å². The molecule has 1 spiro atoms. The lowest BCUT2D eigenvalue weighted by atomic mass is 9.85. The number of piperidine rings is 1. The summed E-state index contributed by atoms with van der Waals surface area (Å²) in [6.07, 6.45) is 0.715. The Balaban J connectivity index is 1.38. The highest BCUT2D eigenvalue weighted by Crippen LogP contribution is 2.40. The molecule has 0 aliphatic carbocycles. The molecule has 2 aliphatic rings. The smallest absolute Gasteiger partial charge is 0.250 e. The fraction of sp³-hybridized carbons (Fsp3) is 0.393. The lowest BCUT2D eigenvalue weighted by Gasteiger charge is -2.43. The van der Waals surface area contributed by atoms with Gasteiger partial charge in [0.2, 0.25) is 5.91 Å². The maximum absolute atomic E-state index is 13.7. The van der Waals surface area contributed by atoms with Gasteiger partial charge in [0.05, 0.1) is 13.2 Å². The van der Waals surface area contributed by atoms with Gasteiger partial charge >= 0.3 is 0 Å². The van der Waals surface area contributed by atoms with Crippen LogP contribution in [-0.2, 0) is 11.3 Å². The predicted octanol–water partition coefficient (Wildman–Crippen LogP) is 2.53. The molecule has 0 unspecified atom stereocenters. The second kappa shape index (κ2) is 9.57. The Labute approximate surface area is 205 Å². The molecule has 5 rings (SSSR count). The van der Waals surface area contributed by atoms with E-state index in [0.717, 1.165) is 25.3 Å². The van der Waals surface area contributed by atoms with Crippen LogP contribution in [0.15, 0.2) is 60.7 Å². The van der Waals surface area contributed by atoms with Crippen LogP contribution >= 0.6 is 0 Å². The lowest BCUT2D eigenvalue weighted by molar-refractivity contribution is -0.383. The van der Waals surface area contributed by atoms with Gasteiger partial charge in [0.15, 0.2) is 0 Å². The summed E-state index contributed by atoms with van der Waals surface area (Å²) >= 11 is 0. The Morgan fingerprint density at radius 2 is 1.74 bits per heavy atom. The first kappa shape index (κ1) is 23.7. The van der Waals surface area contributed by atoms with Gasteiger partial charge in [-0.05, 0) is 65.9 Å². The zero-order valence-electron chi connectivity index (χ0n) is 20.3. The van der Waals surface area contributed by atoms with E-state index in [2.05, 4.69) is 58.9 Å². The second-order valence-electron chi connectivity index (χ2n) is 9.91. The number of aryl methyl sites for hydroxylation is 1. The number of halogens is 1. The van der Waals surface area contributed by atoms with E-state index in [1.807, 2.05) is 0 Å². The zero-order valence-corrected chi connectivity index (χ0v) is 20.3. The van der Waals surface area contributed by atoms with Crippen LogP contribution in [0.4, 0.5) is 10.1 Å². The van der Waals surface area contributed by atoms with E-state index < -0.39 is 11.6 Å². The van der Waals surface area contributed by atoms with Crippen molar-refractivity contribution in [1.29, 1.82) is 0 Å². The molecule has 2 aliphatic heterocycles. The molecule has 3 aromatic carbocycles. The number of amides is 1. The highest BCUT2D eigenvalue weighted by molar-refractivity contribution is 5.93. The standard InChI is InChI=1S/C28H33FN4O2/c1-20-4-2-5-21-6-3-7-22(26(20)21)17-31-14-12-28(13-15-31)27(35)32(18-25(34)16-30)19-33(28)24-10-8-23(29)9-11-24/h2-11,25,34H,12-19,30H2,1H3/p+1/t25-/m1/s1. The number of hydrogen-bond acceptors (Lipinski definition) is 4. The zero-order chi connectivity index (χ0) is 24.6. The van der Waals surface area contributed by atoms with E-state index in [1.54, 1.807) is 17.0 Å². The van der Waals surface area contributed by atoms with Gasteiger partial charge in [0.25, 0.3) is 0 Å². The number of fused-ring (bicyclic) bond motifs is 1. The van der Waals surface area contributed by atoms with Gasteiger partial charge in [-0.25, -0.2) is 4.39 Å². The summed E-state index contributed by atoms with van der Waals surface area (Å²) in [6, 6.07) is 19.3. The molecule has 2 heterocycles. The molecule has 35 heavy (non-hydrogen) atoms. The molecule has 3 aromatic rings. The van der Waals surface area contributed by atoms with Crippen molar-refractivity contribution < 1.29 is 20.0 Å². The van der Waals surface area contributed by atoms with Crippen molar-refractivity contribution in [2.45, 2.75) is 38.0 Å².